The molecule has 0 radical (unpaired) electrons. The molecule has 0 aliphatic carbocycles. The Labute approximate surface area is 100 Å². The van der Waals surface area contributed by atoms with Gasteiger partial charge in [-0.05, 0) is 29.3 Å². The first-order chi connectivity index (χ1) is 8.50. The Morgan fingerprint density at radius 3 is 2.28 bits per heavy atom. The van der Waals surface area contributed by atoms with Gasteiger partial charge >= 0.3 is 5.97 Å². The topological polar surface area (TPSA) is 37.3 Å². The number of hydrogen-bond acceptors (Lipinski definition) is 1. The standard InChI is InChI=1S/C13H7F3O2/c14-9-5-4-7(6-11(9)16)8-2-1-3-10(15)12(8)13(17)18/h1-6H,(H,17,18). The molecule has 2 nitrogen and oxygen atoms in total. The number of carboxylic acid groups (broad SMARTS) is 1. The van der Waals surface area contributed by atoms with Crippen LogP contribution in [0.25, 0.3) is 11.1 Å². The normalized spacial score (nSPS) is 10.4. The summed E-state index contributed by atoms with van der Waals surface area (Å²) in [6.07, 6.45) is 0. The minimum Gasteiger partial charge on any atom is -0.478 e. The highest BCUT2D eigenvalue weighted by Crippen LogP contribution is 2.27. The van der Waals surface area contributed by atoms with E-state index in [4.69, 9.17) is 5.11 Å². The lowest BCUT2D eigenvalue weighted by molar-refractivity contribution is 0.0693. The maximum atomic E-state index is 13.4. The van der Waals surface area contributed by atoms with Crippen LogP contribution in [0.1, 0.15) is 10.4 Å². The van der Waals surface area contributed by atoms with Gasteiger partial charge in [0.15, 0.2) is 11.6 Å². The quantitative estimate of drug-likeness (QED) is 0.888. The summed E-state index contributed by atoms with van der Waals surface area (Å²) in [5.41, 5.74) is -0.462. The van der Waals surface area contributed by atoms with E-state index < -0.39 is 29.0 Å². The third-order valence-corrected chi connectivity index (χ3v) is 2.46. The van der Waals surface area contributed by atoms with E-state index in [0.29, 0.717) is 0 Å². The average Bonchev–Trinajstić information content (AvgIpc) is 2.32. The van der Waals surface area contributed by atoms with E-state index in [2.05, 4.69) is 0 Å². The van der Waals surface area contributed by atoms with Gasteiger partial charge in [-0.2, -0.15) is 0 Å². The Hall–Kier alpha value is -2.30. The van der Waals surface area contributed by atoms with Gasteiger partial charge in [0.25, 0.3) is 0 Å². The summed E-state index contributed by atoms with van der Waals surface area (Å²) in [6.45, 7) is 0. The van der Waals surface area contributed by atoms with Crippen molar-refractivity contribution in [3.8, 4) is 11.1 Å². The van der Waals surface area contributed by atoms with Crippen molar-refractivity contribution < 1.29 is 23.1 Å². The summed E-state index contributed by atoms with van der Waals surface area (Å²) in [5, 5.41) is 8.92. The Balaban J connectivity index is 2.67. The zero-order chi connectivity index (χ0) is 13.3. The number of hydrogen-bond donors (Lipinski definition) is 1. The summed E-state index contributed by atoms with van der Waals surface area (Å²) >= 11 is 0. The summed E-state index contributed by atoms with van der Waals surface area (Å²) in [4.78, 5) is 11.0. The SMILES string of the molecule is O=C(O)c1c(F)cccc1-c1ccc(F)c(F)c1. The molecule has 0 atom stereocenters. The molecule has 0 bridgehead atoms. The van der Waals surface area contributed by atoms with Crippen LogP contribution in [-0.4, -0.2) is 11.1 Å². The van der Waals surface area contributed by atoms with Gasteiger partial charge in [0.1, 0.15) is 11.4 Å². The van der Waals surface area contributed by atoms with Crippen LogP contribution in [0.2, 0.25) is 0 Å². The van der Waals surface area contributed by atoms with E-state index >= 15 is 0 Å². The molecule has 0 spiro atoms. The van der Waals surface area contributed by atoms with Crippen LogP contribution in [-0.2, 0) is 0 Å². The van der Waals surface area contributed by atoms with Crippen LogP contribution >= 0.6 is 0 Å². The molecule has 2 aromatic carbocycles. The predicted octanol–water partition coefficient (Wildman–Crippen LogP) is 3.47. The fourth-order valence-electron chi connectivity index (χ4n) is 1.65. The van der Waals surface area contributed by atoms with Crippen molar-refractivity contribution in [3.63, 3.8) is 0 Å². The van der Waals surface area contributed by atoms with Crippen LogP contribution in [0.5, 0.6) is 0 Å². The second kappa shape index (κ2) is 4.52. The molecule has 0 unspecified atom stereocenters. The second-order valence-corrected chi connectivity index (χ2v) is 3.60. The molecule has 1 N–H and O–H groups in total. The smallest absolute Gasteiger partial charge is 0.339 e. The molecule has 0 heterocycles. The number of benzene rings is 2. The highest BCUT2D eigenvalue weighted by Gasteiger charge is 2.17. The van der Waals surface area contributed by atoms with Gasteiger partial charge in [-0.3, -0.25) is 0 Å². The molecule has 92 valence electrons. The number of carbonyl (C=O) groups is 1. The van der Waals surface area contributed by atoms with Gasteiger partial charge in [-0.15, -0.1) is 0 Å². The van der Waals surface area contributed by atoms with Crippen molar-refractivity contribution in [2.75, 3.05) is 0 Å². The van der Waals surface area contributed by atoms with Crippen molar-refractivity contribution in [1.29, 1.82) is 0 Å². The Morgan fingerprint density at radius 2 is 1.67 bits per heavy atom. The van der Waals surface area contributed by atoms with E-state index in [-0.39, 0.29) is 11.1 Å². The predicted molar refractivity (Wildman–Crippen MR) is 58.7 cm³/mol. The molecule has 2 rings (SSSR count). The van der Waals surface area contributed by atoms with Crippen molar-refractivity contribution in [3.05, 3.63) is 59.4 Å². The van der Waals surface area contributed by atoms with Gasteiger partial charge in [0.05, 0.1) is 0 Å². The molecule has 0 aliphatic heterocycles. The Morgan fingerprint density at radius 1 is 0.944 bits per heavy atom. The zero-order valence-electron chi connectivity index (χ0n) is 8.95. The van der Waals surface area contributed by atoms with E-state index in [9.17, 15) is 18.0 Å². The van der Waals surface area contributed by atoms with Crippen LogP contribution in [0.15, 0.2) is 36.4 Å². The van der Waals surface area contributed by atoms with Crippen molar-refractivity contribution in [2.45, 2.75) is 0 Å². The zero-order valence-corrected chi connectivity index (χ0v) is 8.95. The van der Waals surface area contributed by atoms with E-state index in [1.54, 1.807) is 0 Å². The molecule has 0 fully saturated rings. The van der Waals surface area contributed by atoms with Crippen LogP contribution in [0, 0.1) is 17.5 Å². The second-order valence-electron chi connectivity index (χ2n) is 3.60. The third-order valence-electron chi connectivity index (χ3n) is 2.46. The molecule has 0 amide bonds. The lowest BCUT2D eigenvalue weighted by Crippen LogP contribution is -2.03. The minimum atomic E-state index is -1.46. The molecular formula is C13H7F3O2. The van der Waals surface area contributed by atoms with Crippen LogP contribution in [0.4, 0.5) is 13.2 Å². The van der Waals surface area contributed by atoms with Crippen LogP contribution in [0.3, 0.4) is 0 Å². The Kier molecular flexibility index (Phi) is 3.06. The van der Waals surface area contributed by atoms with Gasteiger partial charge in [0, 0.05) is 0 Å². The fraction of sp³-hybridized carbons (Fsp3) is 0. The largest absolute Gasteiger partial charge is 0.478 e. The number of rotatable bonds is 2. The van der Waals surface area contributed by atoms with Gasteiger partial charge in [-0.25, -0.2) is 18.0 Å². The molecule has 0 aromatic heterocycles. The van der Waals surface area contributed by atoms with E-state index in [1.807, 2.05) is 0 Å². The van der Waals surface area contributed by atoms with Gasteiger partial charge in [-0.1, -0.05) is 18.2 Å². The lowest BCUT2D eigenvalue weighted by Gasteiger charge is -2.07. The summed E-state index contributed by atoms with van der Waals surface area (Å²) < 4.78 is 39.3. The summed E-state index contributed by atoms with van der Waals surface area (Å²) in [7, 11) is 0. The first-order valence-electron chi connectivity index (χ1n) is 4.98. The maximum absolute atomic E-state index is 13.4. The highest BCUT2D eigenvalue weighted by molar-refractivity contribution is 5.96. The summed E-state index contributed by atoms with van der Waals surface area (Å²) in [5.74, 6) is -4.56. The monoisotopic (exact) mass is 252 g/mol. The summed E-state index contributed by atoms with van der Waals surface area (Å²) in [6, 6.07) is 6.52. The lowest BCUT2D eigenvalue weighted by atomic mass is 9.99. The molecule has 0 saturated carbocycles. The first kappa shape index (κ1) is 12.2. The average molecular weight is 252 g/mol. The van der Waals surface area contributed by atoms with Gasteiger partial charge < -0.3 is 5.11 Å². The number of aromatic carboxylic acids is 1. The molecule has 0 saturated heterocycles. The van der Waals surface area contributed by atoms with Crippen molar-refractivity contribution in [1.82, 2.24) is 0 Å². The molecule has 2 aromatic rings. The highest BCUT2D eigenvalue weighted by atomic mass is 19.2. The first-order valence-corrected chi connectivity index (χ1v) is 4.98. The van der Waals surface area contributed by atoms with E-state index in [1.165, 1.54) is 18.2 Å². The number of halogens is 3. The number of carboxylic acids is 1. The fourth-order valence-corrected chi connectivity index (χ4v) is 1.65. The molecule has 5 heteroatoms. The molecular weight excluding hydrogens is 245 g/mol. The van der Waals surface area contributed by atoms with Crippen molar-refractivity contribution >= 4 is 5.97 Å². The van der Waals surface area contributed by atoms with Gasteiger partial charge in [0.2, 0.25) is 0 Å². The van der Waals surface area contributed by atoms with Crippen LogP contribution < -0.4 is 0 Å². The third kappa shape index (κ3) is 2.07. The maximum Gasteiger partial charge on any atom is 0.339 e. The van der Waals surface area contributed by atoms with Crippen molar-refractivity contribution in [2.24, 2.45) is 0 Å². The minimum absolute atomic E-state index is 0.00130. The van der Waals surface area contributed by atoms with E-state index in [0.717, 1.165) is 18.2 Å². The molecule has 18 heavy (non-hydrogen) atoms. The Bertz CT molecular complexity index is 624. The molecule has 0 aliphatic rings.